The molecule has 3 aromatic heterocycles. The Morgan fingerprint density at radius 3 is 2.96 bits per heavy atom. The van der Waals surface area contributed by atoms with Crippen molar-refractivity contribution in [2.75, 3.05) is 0 Å². The Balaban J connectivity index is 1.61. The summed E-state index contributed by atoms with van der Waals surface area (Å²) in [5.41, 5.74) is 3.15. The van der Waals surface area contributed by atoms with Crippen LogP contribution < -0.4 is 5.32 Å². The van der Waals surface area contributed by atoms with Crippen molar-refractivity contribution in [3.05, 3.63) is 66.0 Å². The van der Waals surface area contributed by atoms with Gasteiger partial charge in [-0.15, -0.1) is 0 Å². The van der Waals surface area contributed by atoms with Gasteiger partial charge in [0, 0.05) is 31.4 Å². The summed E-state index contributed by atoms with van der Waals surface area (Å²) in [4.78, 5) is 20.7. The molecule has 0 radical (unpaired) electrons. The lowest BCUT2D eigenvalue weighted by Gasteiger charge is -2.05. The van der Waals surface area contributed by atoms with Crippen LogP contribution in [0.25, 0.3) is 22.4 Å². The highest BCUT2D eigenvalue weighted by molar-refractivity contribution is 6.00. The monoisotopic (exact) mass is 334 g/mol. The normalized spacial score (nSPS) is 10.9. The van der Waals surface area contributed by atoms with Crippen molar-refractivity contribution in [3.63, 3.8) is 0 Å². The Labute approximate surface area is 142 Å². The first kappa shape index (κ1) is 15.1. The molecule has 1 N–H and O–H groups in total. The van der Waals surface area contributed by atoms with Gasteiger partial charge in [0.15, 0.2) is 11.5 Å². The molecule has 0 saturated heterocycles. The van der Waals surface area contributed by atoms with Gasteiger partial charge in [-0.3, -0.25) is 9.78 Å². The summed E-state index contributed by atoms with van der Waals surface area (Å²) in [5, 5.41) is 7.62. The third-order valence-electron chi connectivity index (χ3n) is 3.77. The smallest absolute Gasteiger partial charge is 0.251 e. The predicted molar refractivity (Wildman–Crippen MR) is 89.7 cm³/mol. The molecule has 0 aliphatic rings. The van der Waals surface area contributed by atoms with E-state index in [1.54, 1.807) is 37.5 Å². The van der Waals surface area contributed by atoms with Crippen molar-refractivity contribution >= 4 is 16.9 Å². The van der Waals surface area contributed by atoms with Gasteiger partial charge >= 0.3 is 0 Å². The standard InChI is InChI=1S/C18H14N4O3/c1-11-21-15(10-24-11)17-14-7-13(4-5-16(14)25-22-17)18(23)20-9-12-3-2-6-19-8-12/h2-8,10H,9H2,1H3,(H,20,23). The molecular weight excluding hydrogens is 320 g/mol. The molecule has 0 aliphatic heterocycles. The minimum Gasteiger partial charge on any atom is -0.449 e. The fourth-order valence-electron chi connectivity index (χ4n) is 2.52. The van der Waals surface area contributed by atoms with Gasteiger partial charge in [0.2, 0.25) is 0 Å². The highest BCUT2D eigenvalue weighted by atomic mass is 16.5. The van der Waals surface area contributed by atoms with E-state index in [0.717, 1.165) is 5.56 Å². The summed E-state index contributed by atoms with van der Waals surface area (Å²) in [6.07, 6.45) is 4.93. The molecule has 0 bridgehead atoms. The summed E-state index contributed by atoms with van der Waals surface area (Å²) in [6.45, 7) is 2.16. The van der Waals surface area contributed by atoms with Crippen LogP contribution in [-0.4, -0.2) is 21.0 Å². The second kappa shape index (κ2) is 6.20. The summed E-state index contributed by atoms with van der Waals surface area (Å²) in [5.74, 6) is 0.353. The van der Waals surface area contributed by atoms with Crippen LogP contribution in [0.4, 0.5) is 0 Å². The Hall–Kier alpha value is -3.48. The molecule has 7 heteroatoms. The fraction of sp³-hybridized carbons (Fsp3) is 0.111. The number of hydrogen-bond donors (Lipinski definition) is 1. The van der Waals surface area contributed by atoms with E-state index in [9.17, 15) is 4.79 Å². The van der Waals surface area contributed by atoms with Crippen LogP contribution in [0.15, 0.2) is 57.9 Å². The minimum absolute atomic E-state index is 0.186. The first-order chi connectivity index (χ1) is 12.2. The Kier molecular flexibility index (Phi) is 3.74. The molecule has 0 atom stereocenters. The van der Waals surface area contributed by atoms with Gasteiger partial charge in [-0.25, -0.2) is 4.98 Å². The molecule has 1 amide bonds. The number of benzene rings is 1. The maximum Gasteiger partial charge on any atom is 0.251 e. The topological polar surface area (TPSA) is 94.0 Å². The van der Waals surface area contributed by atoms with Gasteiger partial charge in [0.1, 0.15) is 17.7 Å². The van der Waals surface area contributed by atoms with Crippen LogP contribution in [0, 0.1) is 6.92 Å². The number of pyridine rings is 1. The van der Waals surface area contributed by atoms with E-state index in [-0.39, 0.29) is 5.91 Å². The number of carbonyl (C=O) groups is 1. The van der Waals surface area contributed by atoms with Crippen molar-refractivity contribution in [1.82, 2.24) is 20.4 Å². The predicted octanol–water partition coefficient (Wildman–Crippen LogP) is 3.12. The number of nitrogens with one attached hydrogen (secondary N) is 1. The van der Waals surface area contributed by atoms with E-state index in [2.05, 4.69) is 20.4 Å². The lowest BCUT2D eigenvalue weighted by molar-refractivity contribution is 0.0951. The number of carbonyl (C=O) groups excluding carboxylic acids is 1. The van der Waals surface area contributed by atoms with Gasteiger partial charge < -0.3 is 14.3 Å². The van der Waals surface area contributed by atoms with Gasteiger partial charge in [0.25, 0.3) is 5.91 Å². The summed E-state index contributed by atoms with van der Waals surface area (Å²) >= 11 is 0. The zero-order valence-corrected chi connectivity index (χ0v) is 13.4. The van der Waals surface area contributed by atoms with Crippen molar-refractivity contribution in [2.45, 2.75) is 13.5 Å². The van der Waals surface area contributed by atoms with Crippen molar-refractivity contribution < 1.29 is 13.7 Å². The molecule has 1 aromatic carbocycles. The number of amides is 1. The Morgan fingerprint density at radius 1 is 1.28 bits per heavy atom. The molecule has 25 heavy (non-hydrogen) atoms. The average molecular weight is 334 g/mol. The van der Waals surface area contributed by atoms with Crippen LogP contribution >= 0.6 is 0 Å². The first-order valence-corrected chi connectivity index (χ1v) is 7.70. The Morgan fingerprint density at radius 2 is 2.20 bits per heavy atom. The number of aromatic nitrogens is 3. The largest absolute Gasteiger partial charge is 0.449 e. The quantitative estimate of drug-likeness (QED) is 0.616. The third kappa shape index (κ3) is 2.99. The van der Waals surface area contributed by atoms with Crippen LogP contribution in [0.1, 0.15) is 21.8 Å². The first-order valence-electron chi connectivity index (χ1n) is 7.70. The van der Waals surface area contributed by atoms with E-state index in [1.807, 2.05) is 12.1 Å². The average Bonchev–Trinajstić information content (AvgIpc) is 3.25. The summed E-state index contributed by atoms with van der Waals surface area (Å²) in [6, 6.07) is 8.89. The Bertz CT molecular complexity index is 1040. The molecule has 0 spiro atoms. The summed E-state index contributed by atoms with van der Waals surface area (Å²) in [7, 11) is 0. The molecule has 4 aromatic rings. The zero-order valence-electron chi connectivity index (χ0n) is 13.4. The number of oxazole rings is 1. The van der Waals surface area contributed by atoms with Crippen molar-refractivity contribution in [1.29, 1.82) is 0 Å². The maximum absolute atomic E-state index is 12.4. The number of rotatable bonds is 4. The zero-order chi connectivity index (χ0) is 17.2. The minimum atomic E-state index is -0.186. The molecule has 3 heterocycles. The number of nitrogens with zero attached hydrogens (tertiary/aromatic N) is 3. The fourth-order valence-corrected chi connectivity index (χ4v) is 2.52. The van der Waals surface area contributed by atoms with E-state index in [4.69, 9.17) is 8.94 Å². The van der Waals surface area contributed by atoms with E-state index < -0.39 is 0 Å². The highest BCUT2D eigenvalue weighted by Gasteiger charge is 2.16. The molecular formula is C18H14N4O3. The number of hydrogen-bond acceptors (Lipinski definition) is 6. The maximum atomic E-state index is 12.4. The van der Waals surface area contributed by atoms with Gasteiger partial charge in [0.05, 0.1) is 5.39 Å². The molecule has 0 unspecified atom stereocenters. The van der Waals surface area contributed by atoms with E-state index >= 15 is 0 Å². The molecule has 0 aliphatic carbocycles. The van der Waals surface area contributed by atoms with Crippen LogP contribution in [-0.2, 0) is 6.54 Å². The molecule has 4 rings (SSSR count). The summed E-state index contributed by atoms with van der Waals surface area (Å²) < 4.78 is 10.5. The molecule has 0 fully saturated rings. The third-order valence-corrected chi connectivity index (χ3v) is 3.77. The van der Waals surface area contributed by atoms with E-state index in [1.165, 1.54) is 6.26 Å². The molecule has 124 valence electrons. The molecule has 7 nitrogen and oxygen atoms in total. The second-order valence-electron chi connectivity index (χ2n) is 5.54. The van der Waals surface area contributed by atoms with Crippen molar-refractivity contribution in [3.8, 4) is 11.4 Å². The lowest BCUT2D eigenvalue weighted by atomic mass is 10.1. The van der Waals surface area contributed by atoms with Crippen molar-refractivity contribution in [2.24, 2.45) is 0 Å². The van der Waals surface area contributed by atoms with Gasteiger partial charge in [-0.1, -0.05) is 11.2 Å². The van der Waals surface area contributed by atoms with Crippen LogP contribution in [0.3, 0.4) is 0 Å². The number of aryl methyl sites for hydroxylation is 1. The number of fused-ring (bicyclic) bond motifs is 1. The second-order valence-corrected chi connectivity index (χ2v) is 5.54. The SMILES string of the molecule is Cc1nc(-c2noc3ccc(C(=O)NCc4cccnc4)cc23)co1. The van der Waals surface area contributed by atoms with Crippen LogP contribution in [0.2, 0.25) is 0 Å². The van der Waals surface area contributed by atoms with Gasteiger partial charge in [-0.2, -0.15) is 0 Å². The van der Waals surface area contributed by atoms with Crippen LogP contribution in [0.5, 0.6) is 0 Å². The van der Waals surface area contributed by atoms with Gasteiger partial charge in [-0.05, 0) is 29.8 Å². The highest BCUT2D eigenvalue weighted by Crippen LogP contribution is 2.28. The molecule has 0 saturated carbocycles. The lowest BCUT2D eigenvalue weighted by Crippen LogP contribution is -2.22. The van der Waals surface area contributed by atoms with E-state index in [0.29, 0.717) is 40.4 Å².